The molecular weight excluding hydrogens is 731 g/mol. The Kier molecular flexibility index (Phi) is 47.6. The summed E-state index contributed by atoms with van der Waals surface area (Å²) in [5.74, 6) is -0.0464. The van der Waals surface area contributed by atoms with Gasteiger partial charge in [0.1, 0.15) is 0 Å². The molecule has 0 radical (unpaired) electrons. The number of hydrogen-bond acceptors (Lipinski definition) is 5. The largest absolute Gasteiger partial charge is 0.466 e. The van der Waals surface area contributed by atoms with Crippen LogP contribution in [0.2, 0.25) is 0 Å². The van der Waals surface area contributed by atoms with E-state index in [2.05, 4.69) is 43.5 Å². The Bertz CT molecular complexity index is 920. The van der Waals surface area contributed by atoms with Crippen LogP contribution in [0.3, 0.4) is 0 Å². The summed E-state index contributed by atoms with van der Waals surface area (Å²) in [7, 11) is 0. The Morgan fingerprint density at radius 3 is 1.25 bits per heavy atom. The summed E-state index contributed by atoms with van der Waals surface area (Å²) in [6.07, 6.45) is 57.4. The van der Waals surface area contributed by atoms with E-state index in [1.54, 1.807) is 0 Å². The maximum Gasteiger partial charge on any atom is 0.305 e. The van der Waals surface area contributed by atoms with Crippen LogP contribution in [0.15, 0.2) is 24.3 Å². The number of allylic oxidation sites excluding steroid dienone is 4. The average Bonchev–Trinajstić information content (AvgIpc) is 3.24. The van der Waals surface area contributed by atoms with Gasteiger partial charge in [-0.15, -0.1) is 0 Å². The number of esters is 1. The summed E-state index contributed by atoms with van der Waals surface area (Å²) >= 11 is 0. The number of carbonyl (C=O) groups excluding carboxylic acids is 2. The first kappa shape index (κ1) is 57.3. The van der Waals surface area contributed by atoms with Crippen LogP contribution < -0.4 is 5.32 Å². The van der Waals surface area contributed by atoms with Crippen molar-refractivity contribution in [3.05, 3.63) is 24.3 Å². The molecule has 0 aromatic rings. The van der Waals surface area contributed by atoms with E-state index in [0.29, 0.717) is 25.9 Å². The van der Waals surface area contributed by atoms with Crippen LogP contribution in [0.5, 0.6) is 0 Å². The maximum absolute atomic E-state index is 12.4. The standard InChI is InChI=1S/C53H101NO5/c1-3-5-7-9-11-13-26-31-35-39-43-47-53(58)59-48-44-40-36-32-28-25-23-21-19-17-15-14-16-18-20-22-24-27-30-34-38-42-46-52(57)54-50(49-55)51(56)45-41-37-33-29-12-10-8-6-4-2/h9,11,16,18,50-51,55-56H,3-8,10,12-15,17,19-49H2,1-2H3,(H,54,57)/b11-9-,18-16-. The summed E-state index contributed by atoms with van der Waals surface area (Å²) in [5.41, 5.74) is 0. The molecule has 0 rings (SSSR count). The van der Waals surface area contributed by atoms with Gasteiger partial charge >= 0.3 is 5.97 Å². The second-order valence-corrected chi connectivity index (χ2v) is 17.8. The lowest BCUT2D eigenvalue weighted by Gasteiger charge is -2.22. The van der Waals surface area contributed by atoms with Crippen LogP contribution in [0.1, 0.15) is 277 Å². The zero-order valence-corrected chi connectivity index (χ0v) is 39.5. The molecule has 0 aromatic carbocycles. The molecule has 2 atom stereocenters. The third-order valence-electron chi connectivity index (χ3n) is 12.0. The molecule has 0 saturated carbocycles. The molecule has 1 amide bonds. The van der Waals surface area contributed by atoms with Gasteiger partial charge in [-0.25, -0.2) is 0 Å². The molecule has 0 heterocycles. The van der Waals surface area contributed by atoms with Crippen molar-refractivity contribution in [1.82, 2.24) is 5.32 Å². The minimum absolute atomic E-state index is 0.00166. The molecule has 59 heavy (non-hydrogen) atoms. The number of aliphatic hydroxyl groups is 2. The van der Waals surface area contributed by atoms with Crippen LogP contribution in [0.25, 0.3) is 0 Å². The summed E-state index contributed by atoms with van der Waals surface area (Å²) in [4.78, 5) is 24.3. The summed E-state index contributed by atoms with van der Waals surface area (Å²) in [6.45, 7) is 4.88. The molecule has 3 N–H and O–H groups in total. The quantitative estimate of drug-likeness (QED) is 0.0322. The van der Waals surface area contributed by atoms with Crippen molar-refractivity contribution in [3.8, 4) is 0 Å². The molecule has 0 bridgehead atoms. The van der Waals surface area contributed by atoms with Crippen LogP contribution >= 0.6 is 0 Å². The van der Waals surface area contributed by atoms with E-state index in [0.717, 1.165) is 44.9 Å². The normalized spacial score (nSPS) is 12.8. The number of aliphatic hydroxyl groups excluding tert-OH is 2. The average molecular weight is 832 g/mol. The predicted molar refractivity (Wildman–Crippen MR) is 255 cm³/mol. The number of rotatable bonds is 48. The molecular formula is C53H101NO5. The Balaban J connectivity index is 3.40. The summed E-state index contributed by atoms with van der Waals surface area (Å²) in [6, 6.07) is -0.544. The van der Waals surface area contributed by atoms with E-state index in [1.807, 2.05) is 0 Å². The third-order valence-corrected chi connectivity index (χ3v) is 12.0. The summed E-state index contributed by atoms with van der Waals surface area (Å²) < 4.78 is 5.45. The number of carbonyl (C=O) groups is 2. The van der Waals surface area contributed by atoms with Gasteiger partial charge < -0.3 is 20.3 Å². The molecule has 0 saturated heterocycles. The second kappa shape index (κ2) is 49.0. The molecule has 0 fully saturated rings. The highest BCUT2D eigenvalue weighted by atomic mass is 16.5. The lowest BCUT2D eigenvalue weighted by molar-refractivity contribution is -0.143. The molecule has 0 aliphatic heterocycles. The fourth-order valence-electron chi connectivity index (χ4n) is 7.91. The predicted octanol–water partition coefficient (Wildman–Crippen LogP) is 15.5. The molecule has 0 aliphatic rings. The Hall–Kier alpha value is -1.66. The fourth-order valence-corrected chi connectivity index (χ4v) is 7.91. The smallest absolute Gasteiger partial charge is 0.305 e. The highest BCUT2D eigenvalue weighted by molar-refractivity contribution is 5.76. The van der Waals surface area contributed by atoms with Gasteiger partial charge in [0.2, 0.25) is 5.91 Å². The minimum atomic E-state index is -0.666. The third kappa shape index (κ3) is 45.7. The topological polar surface area (TPSA) is 95.9 Å². The van der Waals surface area contributed by atoms with Gasteiger partial charge in [0.25, 0.3) is 0 Å². The van der Waals surface area contributed by atoms with Crippen LogP contribution in [-0.2, 0) is 14.3 Å². The van der Waals surface area contributed by atoms with Crippen molar-refractivity contribution in [1.29, 1.82) is 0 Å². The molecule has 0 spiro atoms. The first-order valence-corrected chi connectivity index (χ1v) is 26.1. The molecule has 0 aliphatic carbocycles. The van der Waals surface area contributed by atoms with Crippen molar-refractivity contribution in [2.45, 2.75) is 289 Å². The highest BCUT2D eigenvalue weighted by Crippen LogP contribution is 2.16. The number of hydrogen-bond donors (Lipinski definition) is 3. The van der Waals surface area contributed by atoms with Gasteiger partial charge in [-0.3, -0.25) is 9.59 Å². The fraction of sp³-hybridized carbons (Fsp3) is 0.887. The zero-order chi connectivity index (χ0) is 43.0. The Labute approximate surface area is 367 Å². The molecule has 6 nitrogen and oxygen atoms in total. The molecule has 2 unspecified atom stereocenters. The summed E-state index contributed by atoms with van der Waals surface area (Å²) in [5, 5.41) is 23.1. The van der Waals surface area contributed by atoms with E-state index < -0.39 is 12.1 Å². The van der Waals surface area contributed by atoms with E-state index in [1.165, 1.54) is 199 Å². The SMILES string of the molecule is CCCC/C=C\CCCCCCCC(=O)OCCCCCCCCCCCCC/C=C\CCCCCCCCCC(=O)NC(CO)C(O)CCCCCCCCCCC. The van der Waals surface area contributed by atoms with Gasteiger partial charge in [0.05, 0.1) is 25.4 Å². The van der Waals surface area contributed by atoms with Gasteiger partial charge in [0.15, 0.2) is 0 Å². The molecule has 348 valence electrons. The van der Waals surface area contributed by atoms with Crippen molar-refractivity contribution >= 4 is 11.9 Å². The first-order valence-electron chi connectivity index (χ1n) is 26.1. The maximum atomic E-state index is 12.4. The zero-order valence-electron chi connectivity index (χ0n) is 39.5. The highest BCUT2D eigenvalue weighted by Gasteiger charge is 2.20. The number of amides is 1. The van der Waals surface area contributed by atoms with Gasteiger partial charge in [-0.05, 0) is 70.6 Å². The van der Waals surface area contributed by atoms with Crippen LogP contribution in [0.4, 0.5) is 0 Å². The number of ether oxygens (including phenoxy) is 1. The van der Waals surface area contributed by atoms with E-state index in [4.69, 9.17) is 4.74 Å². The van der Waals surface area contributed by atoms with Gasteiger partial charge in [0, 0.05) is 12.8 Å². The Morgan fingerprint density at radius 1 is 0.458 bits per heavy atom. The first-order chi connectivity index (χ1) is 29.0. The number of unbranched alkanes of at least 4 members (excludes halogenated alkanes) is 33. The lowest BCUT2D eigenvalue weighted by atomic mass is 10.0. The van der Waals surface area contributed by atoms with Crippen LogP contribution in [-0.4, -0.2) is 47.4 Å². The van der Waals surface area contributed by atoms with E-state index >= 15 is 0 Å². The van der Waals surface area contributed by atoms with Gasteiger partial charge in [-0.2, -0.15) is 0 Å². The lowest BCUT2D eigenvalue weighted by Crippen LogP contribution is -2.45. The van der Waals surface area contributed by atoms with Crippen molar-refractivity contribution < 1.29 is 24.5 Å². The van der Waals surface area contributed by atoms with Crippen LogP contribution in [0, 0.1) is 0 Å². The Morgan fingerprint density at radius 2 is 0.814 bits per heavy atom. The van der Waals surface area contributed by atoms with Gasteiger partial charge in [-0.1, -0.05) is 218 Å². The van der Waals surface area contributed by atoms with E-state index in [9.17, 15) is 19.8 Å². The molecule has 0 aromatic heterocycles. The van der Waals surface area contributed by atoms with E-state index in [-0.39, 0.29) is 18.5 Å². The minimum Gasteiger partial charge on any atom is -0.466 e. The second-order valence-electron chi connectivity index (χ2n) is 17.8. The number of nitrogens with one attached hydrogen (secondary N) is 1. The van der Waals surface area contributed by atoms with Crippen molar-refractivity contribution in [2.24, 2.45) is 0 Å². The van der Waals surface area contributed by atoms with Crippen molar-refractivity contribution in [3.63, 3.8) is 0 Å². The molecule has 6 heteroatoms. The monoisotopic (exact) mass is 832 g/mol. The van der Waals surface area contributed by atoms with Crippen molar-refractivity contribution in [2.75, 3.05) is 13.2 Å².